The number of ether oxygens (including phenoxy) is 1. The third-order valence-electron chi connectivity index (χ3n) is 6.32. The van der Waals surface area contributed by atoms with Gasteiger partial charge in [-0.25, -0.2) is 0 Å². The average molecular weight is 328 g/mol. The van der Waals surface area contributed by atoms with Crippen LogP contribution in [-0.4, -0.2) is 54.5 Å². The second kappa shape index (κ2) is 6.40. The van der Waals surface area contributed by atoms with E-state index in [-0.39, 0.29) is 0 Å². The Labute approximate surface area is 144 Å². The molecule has 130 valence electrons. The molecule has 4 heteroatoms. The van der Waals surface area contributed by atoms with Gasteiger partial charge in [0.15, 0.2) is 0 Å². The molecular weight excluding hydrogens is 300 g/mol. The van der Waals surface area contributed by atoms with Crippen LogP contribution in [0.4, 0.5) is 0 Å². The molecule has 0 spiro atoms. The lowest BCUT2D eigenvalue weighted by atomic mass is 9.75. The molecule has 0 unspecified atom stereocenters. The van der Waals surface area contributed by atoms with E-state index in [1.165, 1.54) is 31.5 Å². The highest BCUT2D eigenvalue weighted by Gasteiger charge is 2.54. The van der Waals surface area contributed by atoms with Crippen LogP contribution in [-0.2, 0) is 4.79 Å². The molecule has 4 aliphatic rings. The minimum absolute atomic E-state index is 0.359. The van der Waals surface area contributed by atoms with Crippen molar-refractivity contribution in [3.63, 3.8) is 0 Å². The summed E-state index contributed by atoms with van der Waals surface area (Å²) in [6.07, 6.45) is 4.14. The zero-order valence-corrected chi connectivity index (χ0v) is 14.8. The Kier molecular flexibility index (Phi) is 4.25. The summed E-state index contributed by atoms with van der Waals surface area (Å²) in [7, 11) is 1.71. The quantitative estimate of drug-likeness (QED) is 0.852. The molecule has 1 aromatic rings. The van der Waals surface area contributed by atoms with Crippen LogP contribution in [0.25, 0.3) is 0 Å². The second-order valence-corrected chi connectivity index (χ2v) is 7.53. The van der Waals surface area contributed by atoms with Crippen LogP contribution < -0.4 is 4.74 Å². The van der Waals surface area contributed by atoms with E-state index < -0.39 is 0 Å². The molecule has 24 heavy (non-hydrogen) atoms. The average Bonchev–Trinajstić information content (AvgIpc) is 3.06. The van der Waals surface area contributed by atoms with Crippen molar-refractivity contribution in [2.45, 2.75) is 50.6 Å². The molecule has 2 bridgehead atoms. The van der Waals surface area contributed by atoms with Crippen LogP contribution in [0.2, 0.25) is 0 Å². The molecule has 0 aliphatic carbocycles. The minimum atomic E-state index is 0.359. The van der Waals surface area contributed by atoms with E-state index in [4.69, 9.17) is 4.74 Å². The van der Waals surface area contributed by atoms with Crippen molar-refractivity contribution in [1.29, 1.82) is 0 Å². The van der Waals surface area contributed by atoms with Gasteiger partial charge in [0.05, 0.1) is 13.2 Å². The molecule has 4 heterocycles. The fraction of sp³-hybridized carbons (Fsp3) is 0.650. The normalized spacial score (nSPS) is 34.2. The summed E-state index contributed by atoms with van der Waals surface area (Å²) >= 11 is 0. The van der Waals surface area contributed by atoms with Gasteiger partial charge in [0, 0.05) is 24.9 Å². The molecule has 0 aromatic heterocycles. The molecule has 5 rings (SSSR count). The Bertz CT molecular complexity index is 592. The molecule has 3 atom stereocenters. The fourth-order valence-corrected chi connectivity index (χ4v) is 5.21. The monoisotopic (exact) mass is 328 g/mol. The van der Waals surface area contributed by atoms with Crippen molar-refractivity contribution in [3.05, 3.63) is 29.8 Å². The van der Waals surface area contributed by atoms with Crippen molar-refractivity contribution in [2.75, 3.05) is 26.7 Å². The van der Waals surface area contributed by atoms with E-state index in [0.29, 0.717) is 36.2 Å². The minimum Gasteiger partial charge on any atom is -0.497 e. The number of nitrogens with zero attached hydrogens (tertiary/aromatic N) is 2. The number of hydrogen-bond donors (Lipinski definition) is 0. The summed E-state index contributed by atoms with van der Waals surface area (Å²) in [6, 6.07) is 9.43. The zero-order chi connectivity index (χ0) is 16.7. The molecule has 4 nitrogen and oxygen atoms in total. The number of hydrogen-bond acceptors (Lipinski definition) is 3. The van der Waals surface area contributed by atoms with Crippen LogP contribution in [0.1, 0.15) is 44.1 Å². The van der Waals surface area contributed by atoms with E-state index in [1.807, 2.05) is 0 Å². The summed E-state index contributed by atoms with van der Waals surface area (Å²) in [6.45, 7) is 5.39. The third kappa shape index (κ3) is 2.52. The maximum absolute atomic E-state index is 12.7. The van der Waals surface area contributed by atoms with Gasteiger partial charge in [-0.2, -0.15) is 0 Å². The summed E-state index contributed by atoms with van der Waals surface area (Å²) < 4.78 is 5.30. The highest BCUT2D eigenvalue weighted by atomic mass is 16.5. The third-order valence-corrected chi connectivity index (χ3v) is 6.32. The van der Waals surface area contributed by atoms with Gasteiger partial charge in [-0.1, -0.05) is 19.1 Å². The first-order valence-corrected chi connectivity index (χ1v) is 9.40. The number of amides is 1. The summed E-state index contributed by atoms with van der Waals surface area (Å²) in [5.74, 6) is 2.39. The number of piperidine rings is 3. The number of likely N-dealkylation sites (tertiary alicyclic amines) is 1. The summed E-state index contributed by atoms with van der Waals surface area (Å²) in [4.78, 5) is 17.6. The topological polar surface area (TPSA) is 32.8 Å². The molecule has 1 aromatic carbocycles. The molecule has 4 saturated heterocycles. The van der Waals surface area contributed by atoms with Crippen LogP contribution >= 0.6 is 0 Å². The van der Waals surface area contributed by atoms with Gasteiger partial charge in [-0.15, -0.1) is 0 Å². The lowest BCUT2D eigenvalue weighted by Crippen LogP contribution is -2.60. The Balaban J connectivity index is 1.65. The van der Waals surface area contributed by atoms with E-state index in [0.717, 1.165) is 18.7 Å². The van der Waals surface area contributed by atoms with Crippen molar-refractivity contribution < 1.29 is 9.53 Å². The first-order valence-electron chi connectivity index (χ1n) is 9.40. The molecule has 0 N–H and O–H groups in total. The highest BCUT2D eigenvalue weighted by Crippen LogP contribution is 2.46. The Hall–Kier alpha value is -1.55. The van der Waals surface area contributed by atoms with Gasteiger partial charge >= 0.3 is 0 Å². The van der Waals surface area contributed by atoms with Crippen LogP contribution in [0.5, 0.6) is 5.75 Å². The Morgan fingerprint density at radius 2 is 1.88 bits per heavy atom. The van der Waals surface area contributed by atoms with E-state index >= 15 is 0 Å². The first kappa shape index (κ1) is 15.9. The van der Waals surface area contributed by atoms with Gasteiger partial charge in [0.25, 0.3) is 0 Å². The molecule has 1 amide bonds. The molecule has 0 radical (unpaired) electrons. The second-order valence-electron chi connectivity index (χ2n) is 7.53. The van der Waals surface area contributed by atoms with E-state index in [2.05, 4.69) is 41.0 Å². The van der Waals surface area contributed by atoms with Gasteiger partial charge in [0.2, 0.25) is 5.91 Å². The number of carbonyl (C=O) groups excluding carboxylic acids is 1. The lowest BCUT2D eigenvalue weighted by molar-refractivity contribution is -0.136. The van der Waals surface area contributed by atoms with Crippen LogP contribution in [0.3, 0.4) is 0 Å². The van der Waals surface area contributed by atoms with Crippen molar-refractivity contribution in [3.8, 4) is 5.75 Å². The van der Waals surface area contributed by atoms with E-state index in [1.54, 1.807) is 7.11 Å². The van der Waals surface area contributed by atoms with Crippen molar-refractivity contribution in [1.82, 2.24) is 9.80 Å². The number of benzene rings is 1. The van der Waals surface area contributed by atoms with E-state index in [9.17, 15) is 4.79 Å². The smallest absolute Gasteiger partial charge is 0.222 e. The maximum Gasteiger partial charge on any atom is 0.222 e. The van der Waals surface area contributed by atoms with Gasteiger partial charge in [0.1, 0.15) is 5.75 Å². The fourth-order valence-electron chi connectivity index (χ4n) is 5.21. The standard InChI is InChI=1S/C20H28N2O2/c1-3-4-18(23)22-13-17(14-5-7-16(24-2)8-6-14)20-19(22)15-9-11-21(20)12-10-15/h5-8,15,17,19-20H,3-4,9-13H2,1-2H3/t17-,19+,20+/m0/s1. The number of carbonyl (C=O) groups is 1. The summed E-state index contributed by atoms with van der Waals surface area (Å²) in [5.41, 5.74) is 1.35. The van der Waals surface area contributed by atoms with Gasteiger partial charge in [-0.3, -0.25) is 9.69 Å². The molecule has 4 aliphatic heterocycles. The first-order chi connectivity index (χ1) is 11.7. The Morgan fingerprint density at radius 3 is 2.50 bits per heavy atom. The van der Waals surface area contributed by atoms with Gasteiger partial charge < -0.3 is 9.64 Å². The zero-order valence-electron chi connectivity index (χ0n) is 14.8. The largest absolute Gasteiger partial charge is 0.497 e. The van der Waals surface area contributed by atoms with Crippen LogP contribution in [0, 0.1) is 5.92 Å². The van der Waals surface area contributed by atoms with Crippen LogP contribution in [0.15, 0.2) is 24.3 Å². The number of fused-ring (bicyclic) bond motifs is 2. The van der Waals surface area contributed by atoms with Crippen molar-refractivity contribution >= 4 is 5.91 Å². The summed E-state index contributed by atoms with van der Waals surface area (Å²) in [5, 5.41) is 0. The lowest BCUT2D eigenvalue weighted by Gasteiger charge is -2.51. The predicted molar refractivity (Wildman–Crippen MR) is 94.2 cm³/mol. The Morgan fingerprint density at radius 1 is 1.17 bits per heavy atom. The SMILES string of the molecule is CCCC(=O)N1C[C@@H](c2ccc(OC)cc2)[C@@H]2[C@H]1C1CCN2CC1. The molecular formula is C20H28N2O2. The predicted octanol–water partition coefficient (Wildman–Crippen LogP) is 2.88. The van der Waals surface area contributed by atoms with Gasteiger partial charge in [-0.05, 0) is 56.0 Å². The number of rotatable bonds is 4. The molecule has 0 saturated carbocycles. The van der Waals surface area contributed by atoms with Crippen molar-refractivity contribution in [2.24, 2.45) is 5.92 Å². The molecule has 4 fully saturated rings. The highest BCUT2D eigenvalue weighted by molar-refractivity contribution is 5.77. The maximum atomic E-state index is 12.7. The number of methoxy groups -OCH3 is 1.